The summed E-state index contributed by atoms with van der Waals surface area (Å²) in [5.74, 6) is 0.716. The van der Waals surface area contributed by atoms with Crippen LogP contribution in [-0.2, 0) is 4.79 Å². The van der Waals surface area contributed by atoms with E-state index in [-0.39, 0.29) is 24.4 Å². The van der Waals surface area contributed by atoms with Crippen molar-refractivity contribution in [1.29, 1.82) is 0 Å². The molecule has 2 aliphatic rings. The maximum Gasteiger partial charge on any atom is 0.220 e. The summed E-state index contributed by atoms with van der Waals surface area (Å²) >= 11 is 6.06. The Balaban J connectivity index is 0.00000192. The number of piperidine rings is 1. The second-order valence-corrected chi connectivity index (χ2v) is 7.20. The van der Waals surface area contributed by atoms with Gasteiger partial charge in [-0.3, -0.25) is 4.79 Å². The highest BCUT2D eigenvalue weighted by molar-refractivity contribution is 6.30. The third-order valence-corrected chi connectivity index (χ3v) is 5.27. The molecule has 2 heterocycles. The number of carbonyl (C=O) groups is 1. The van der Waals surface area contributed by atoms with E-state index in [1.807, 2.05) is 24.3 Å². The van der Waals surface area contributed by atoms with Crippen LogP contribution in [0, 0.1) is 5.92 Å². The number of halogens is 2. The summed E-state index contributed by atoms with van der Waals surface area (Å²) in [6.07, 6.45) is 6.40. The molecule has 2 N–H and O–H groups in total. The highest BCUT2D eigenvalue weighted by Gasteiger charge is 2.34. The first-order chi connectivity index (χ1) is 10.6. The van der Waals surface area contributed by atoms with Crippen molar-refractivity contribution in [2.45, 2.75) is 63.6 Å². The van der Waals surface area contributed by atoms with Gasteiger partial charge in [-0.05, 0) is 55.7 Å². The quantitative estimate of drug-likeness (QED) is 0.827. The Morgan fingerprint density at radius 3 is 2.65 bits per heavy atom. The molecule has 23 heavy (non-hydrogen) atoms. The molecule has 3 rings (SSSR count). The summed E-state index contributed by atoms with van der Waals surface area (Å²) in [4.78, 5) is 12.4. The second kappa shape index (κ2) is 8.36. The number of hydrogen-bond acceptors (Lipinski definition) is 2. The number of carbonyl (C=O) groups excluding carboxylic acids is 1. The number of fused-ring (bicyclic) bond motifs is 2. The van der Waals surface area contributed by atoms with Crippen molar-refractivity contribution in [2.24, 2.45) is 5.92 Å². The van der Waals surface area contributed by atoms with Gasteiger partial charge in [-0.1, -0.05) is 30.7 Å². The molecular weight excluding hydrogens is 331 g/mol. The van der Waals surface area contributed by atoms with E-state index in [9.17, 15) is 4.79 Å². The fourth-order valence-electron chi connectivity index (χ4n) is 4.00. The Morgan fingerprint density at radius 2 is 2.04 bits per heavy atom. The minimum atomic E-state index is 0. The lowest BCUT2D eigenvalue weighted by molar-refractivity contribution is -0.123. The van der Waals surface area contributed by atoms with Crippen LogP contribution in [0.2, 0.25) is 5.02 Å². The van der Waals surface area contributed by atoms with E-state index in [1.165, 1.54) is 12.8 Å². The Bertz CT molecular complexity index is 526. The molecule has 5 heteroatoms. The number of amides is 1. The lowest BCUT2D eigenvalue weighted by Gasteiger charge is -2.29. The van der Waals surface area contributed by atoms with Crippen molar-refractivity contribution in [3.05, 3.63) is 34.9 Å². The van der Waals surface area contributed by atoms with Crippen molar-refractivity contribution in [3.8, 4) is 0 Å². The molecule has 0 aromatic heterocycles. The number of hydrogen-bond donors (Lipinski definition) is 2. The predicted molar refractivity (Wildman–Crippen MR) is 97.2 cm³/mol. The van der Waals surface area contributed by atoms with Crippen LogP contribution in [0.4, 0.5) is 0 Å². The summed E-state index contributed by atoms with van der Waals surface area (Å²) in [7, 11) is 0. The molecule has 2 aliphatic heterocycles. The van der Waals surface area contributed by atoms with Crippen molar-refractivity contribution in [3.63, 3.8) is 0 Å². The van der Waals surface area contributed by atoms with Gasteiger partial charge >= 0.3 is 0 Å². The van der Waals surface area contributed by atoms with Crippen LogP contribution < -0.4 is 10.6 Å². The zero-order chi connectivity index (χ0) is 15.5. The third-order valence-electron chi connectivity index (χ3n) is 5.04. The highest BCUT2D eigenvalue weighted by atomic mass is 35.5. The minimum absolute atomic E-state index is 0. The molecule has 2 saturated heterocycles. The SMILES string of the molecule is CCC(NC(=O)CC1CC2CCC(C1)N2)c1cccc(Cl)c1.Cl. The van der Waals surface area contributed by atoms with E-state index < -0.39 is 0 Å². The first-order valence-corrected chi connectivity index (χ1v) is 8.82. The van der Waals surface area contributed by atoms with Gasteiger partial charge in [0.2, 0.25) is 5.91 Å². The largest absolute Gasteiger partial charge is 0.349 e. The summed E-state index contributed by atoms with van der Waals surface area (Å²) < 4.78 is 0. The maximum absolute atomic E-state index is 12.4. The van der Waals surface area contributed by atoms with Crippen LogP contribution in [0.3, 0.4) is 0 Å². The van der Waals surface area contributed by atoms with E-state index in [0.717, 1.165) is 29.8 Å². The molecular formula is C18H26Cl2N2O. The number of nitrogens with one attached hydrogen (secondary N) is 2. The van der Waals surface area contributed by atoms with Gasteiger partial charge in [0.1, 0.15) is 0 Å². The fourth-order valence-corrected chi connectivity index (χ4v) is 4.20. The highest BCUT2D eigenvalue weighted by Crippen LogP contribution is 2.32. The standard InChI is InChI=1S/C18H25ClN2O.ClH/c1-2-17(13-4-3-5-14(19)11-13)21-18(22)10-12-8-15-6-7-16(9-12)20-15;/h3-5,11-12,15-17,20H,2,6-10H2,1H3,(H,21,22);1H. The first-order valence-electron chi connectivity index (χ1n) is 8.45. The van der Waals surface area contributed by atoms with E-state index >= 15 is 0 Å². The number of rotatable bonds is 5. The van der Waals surface area contributed by atoms with Crippen molar-refractivity contribution >= 4 is 29.9 Å². The summed E-state index contributed by atoms with van der Waals surface area (Å²) in [5.41, 5.74) is 1.09. The average molecular weight is 357 g/mol. The van der Waals surface area contributed by atoms with Crippen LogP contribution in [0.1, 0.15) is 57.1 Å². The van der Waals surface area contributed by atoms with Crippen molar-refractivity contribution in [2.75, 3.05) is 0 Å². The molecule has 2 fully saturated rings. The van der Waals surface area contributed by atoms with E-state index in [1.54, 1.807) is 0 Å². The Morgan fingerprint density at radius 1 is 1.35 bits per heavy atom. The normalized spacial score (nSPS) is 27.1. The van der Waals surface area contributed by atoms with Crippen LogP contribution in [0.25, 0.3) is 0 Å². The van der Waals surface area contributed by atoms with Crippen molar-refractivity contribution < 1.29 is 4.79 Å². The second-order valence-electron chi connectivity index (χ2n) is 6.76. The molecule has 1 aromatic rings. The third kappa shape index (κ3) is 4.85. The molecule has 3 atom stereocenters. The Labute approximate surface area is 150 Å². The lowest BCUT2D eigenvalue weighted by atomic mass is 9.89. The molecule has 0 radical (unpaired) electrons. The average Bonchev–Trinajstić information content (AvgIpc) is 2.83. The monoisotopic (exact) mass is 356 g/mol. The van der Waals surface area contributed by atoms with E-state index in [0.29, 0.717) is 24.4 Å². The van der Waals surface area contributed by atoms with Crippen LogP contribution >= 0.6 is 24.0 Å². The molecule has 0 saturated carbocycles. The molecule has 1 aromatic carbocycles. The predicted octanol–water partition coefficient (Wildman–Crippen LogP) is 4.25. The fraction of sp³-hybridized carbons (Fsp3) is 0.611. The minimum Gasteiger partial charge on any atom is -0.349 e. The lowest BCUT2D eigenvalue weighted by Crippen LogP contribution is -2.40. The van der Waals surface area contributed by atoms with Gasteiger partial charge in [0, 0.05) is 23.5 Å². The maximum atomic E-state index is 12.4. The van der Waals surface area contributed by atoms with Gasteiger partial charge in [-0.15, -0.1) is 12.4 Å². The Hall–Kier alpha value is -0.770. The molecule has 128 valence electrons. The zero-order valence-electron chi connectivity index (χ0n) is 13.6. The van der Waals surface area contributed by atoms with Crippen LogP contribution in [-0.4, -0.2) is 18.0 Å². The molecule has 2 bridgehead atoms. The first kappa shape index (κ1) is 18.6. The molecule has 0 aliphatic carbocycles. The number of benzene rings is 1. The van der Waals surface area contributed by atoms with Gasteiger partial charge in [0.05, 0.1) is 6.04 Å². The molecule has 3 unspecified atom stereocenters. The smallest absolute Gasteiger partial charge is 0.220 e. The van der Waals surface area contributed by atoms with Gasteiger partial charge in [0.25, 0.3) is 0 Å². The Kier molecular flexibility index (Phi) is 6.75. The van der Waals surface area contributed by atoms with Gasteiger partial charge < -0.3 is 10.6 Å². The summed E-state index contributed by atoms with van der Waals surface area (Å²) in [6.45, 7) is 2.09. The van der Waals surface area contributed by atoms with Gasteiger partial charge in [-0.25, -0.2) is 0 Å². The summed E-state index contributed by atoms with van der Waals surface area (Å²) in [6, 6.07) is 9.13. The van der Waals surface area contributed by atoms with Crippen LogP contribution in [0.15, 0.2) is 24.3 Å². The van der Waals surface area contributed by atoms with Crippen molar-refractivity contribution in [1.82, 2.24) is 10.6 Å². The zero-order valence-corrected chi connectivity index (χ0v) is 15.1. The van der Waals surface area contributed by atoms with Crippen LogP contribution in [0.5, 0.6) is 0 Å². The van der Waals surface area contributed by atoms with E-state index in [4.69, 9.17) is 11.6 Å². The molecule has 0 spiro atoms. The molecule has 1 amide bonds. The van der Waals surface area contributed by atoms with Gasteiger partial charge in [0.15, 0.2) is 0 Å². The van der Waals surface area contributed by atoms with E-state index in [2.05, 4.69) is 17.6 Å². The van der Waals surface area contributed by atoms with Gasteiger partial charge in [-0.2, -0.15) is 0 Å². The topological polar surface area (TPSA) is 41.1 Å². The summed E-state index contributed by atoms with van der Waals surface area (Å²) in [5, 5.41) is 7.54. The molecule has 3 nitrogen and oxygen atoms in total.